The summed E-state index contributed by atoms with van der Waals surface area (Å²) in [5, 5.41) is 15.0. The van der Waals surface area contributed by atoms with Gasteiger partial charge < -0.3 is 25.2 Å². The number of amides is 2. The number of carbonyl (C=O) groups excluding carboxylic acids is 2. The van der Waals surface area contributed by atoms with Crippen molar-refractivity contribution in [3.63, 3.8) is 0 Å². The SMILES string of the molecule is C[C@H](OCc1ccccc1)[C@@H](NC(=O)C(NC(=O)OCC1c2ccccc2-c2ccccc21)C(C)(C)C)C(=O)O. The van der Waals surface area contributed by atoms with Crippen molar-refractivity contribution >= 4 is 18.0 Å². The lowest BCUT2D eigenvalue weighted by atomic mass is 9.86. The Morgan fingerprint density at radius 2 is 1.40 bits per heavy atom. The average molecular weight is 545 g/mol. The van der Waals surface area contributed by atoms with Crippen LogP contribution in [0.4, 0.5) is 4.79 Å². The molecule has 0 bridgehead atoms. The summed E-state index contributed by atoms with van der Waals surface area (Å²) < 4.78 is 11.4. The van der Waals surface area contributed by atoms with E-state index in [0.717, 1.165) is 27.8 Å². The molecule has 8 heteroatoms. The topological polar surface area (TPSA) is 114 Å². The number of carboxylic acids is 1. The molecule has 2 amide bonds. The van der Waals surface area contributed by atoms with Crippen LogP contribution in [0.1, 0.15) is 50.3 Å². The Hall–Kier alpha value is -4.17. The van der Waals surface area contributed by atoms with Gasteiger partial charge in [-0.2, -0.15) is 0 Å². The quantitative estimate of drug-likeness (QED) is 0.327. The van der Waals surface area contributed by atoms with Crippen LogP contribution < -0.4 is 10.6 Å². The second-order valence-electron chi connectivity index (χ2n) is 11.1. The average Bonchev–Trinajstić information content (AvgIpc) is 3.25. The van der Waals surface area contributed by atoms with Crippen molar-refractivity contribution in [3.05, 3.63) is 95.6 Å². The van der Waals surface area contributed by atoms with E-state index < -0.39 is 41.6 Å². The van der Waals surface area contributed by atoms with Crippen LogP contribution in [0.5, 0.6) is 0 Å². The van der Waals surface area contributed by atoms with Gasteiger partial charge in [-0.3, -0.25) is 4.79 Å². The zero-order valence-corrected chi connectivity index (χ0v) is 23.2. The van der Waals surface area contributed by atoms with Gasteiger partial charge in [0.25, 0.3) is 0 Å². The molecule has 3 aromatic rings. The number of carboxylic acid groups (broad SMARTS) is 1. The monoisotopic (exact) mass is 544 g/mol. The number of fused-ring (bicyclic) bond motifs is 3. The first-order chi connectivity index (χ1) is 19.1. The van der Waals surface area contributed by atoms with Crippen molar-refractivity contribution in [3.8, 4) is 11.1 Å². The molecule has 3 N–H and O–H groups in total. The molecular formula is C32H36N2O6. The minimum Gasteiger partial charge on any atom is -0.480 e. The molecule has 40 heavy (non-hydrogen) atoms. The number of hydrogen-bond donors (Lipinski definition) is 3. The van der Waals surface area contributed by atoms with Crippen LogP contribution in [0, 0.1) is 5.41 Å². The van der Waals surface area contributed by atoms with Crippen molar-refractivity contribution in [1.82, 2.24) is 10.6 Å². The van der Waals surface area contributed by atoms with Crippen LogP contribution in [0.25, 0.3) is 11.1 Å². The predicted molar refractivity (Wildman–Crippen MR) is 152 cm³/mol. The lowest BCUT2D eigenvalue weighted by molar-refractivity contribution is -0.147. The summed E-state index contributed by atoms with van der Waals surface area (Å²) in [4.78, 5) is 38.3. The van der Waals surface area contributed by atoms with E-state index in [2.05, 4.69) is 22.8 Å². The molecule has 0 fully saturated rings. The Labute approximate surface area is 234 Å². The van der Waals surface area contributed by atoms with Gasteiger partial charge in [-0.25, -0.2) is 9.59 Å². The molecule has 1 unspecified atom stereocenters. The summed E-state index contributed by atoms with van der Waals surface area (Å²) in [6.07, 6.45) is -1.58. The van der Waals surface area contributed by atoms with Gasteiger partial charge in [0.2, 0.25) is 5.91 Å². The Morgan fingerprint density at radius 3 is 1.95 bits per heavy atom. The minimum absolute atomic E-state index is 0.0977. The molecule has 0 aliphatic heterocycles. The van der Waals surface area contributed by atoms with Crippen LogP contribution in [0.15, 0.2) is 78.9 Å². The minimum atomic E-state index is -1.31. The van der Waals surface area contributed by atoms with Gasteiger partial charge >= 0.3 is 12.1 Å². The zero-order chi connectivity index (χ0) is 28.9. The van der Waals surface area contributed by atoms with E-state index in [0.29, 0.717) is 0 Å². The number of benzene rings is 3. The second-order valence-corrected chi connectivity index (χ2v) is 11.1. The van der Waals surface area contributed by atoms with Gasteiger partial charge in [0.15, 0.2) is 6.04 Å². The molecule has 1 aliphatic rings. The fraction of sp³-hybridized carbons (Fsp3) is 0.344. The van der Waals surface area contributed by atoms with Gasteiger partial charge in [0.05, 0.1) is 12.7 Å². The van der Waals surface area contributed by atoms with Gasteiger partial charge in [-0.05, 0) is 40.2 Å². The highest BCUT2D eigenvalue weighted by atomic mass is 16.5. The third-order valence-electron chi connectivity index (χ3n) is 7.12. The predicted octanol–water partition coefficient (Wildman–Crippen LogP) is 5.11. The maximum atomic E-state index is 13.3. The van der Waals surface area contributed by atoms with E-state index in [4.69, 9.17) is 9.47 Å². The molecule has 0 heterocycles. The highest BCUT2D eigenvalue weighted by Gasteiger charge is 2.37. The van der Waals surface area contributed by atoms with E-state index >= 15 is 0 Å². The summed E-state index contributed by atoms with van der Waals surface area (Å²) in [7, 11) is 0. The van der Waals surface area contributed by atoms with Crippen molar-refractivity contribution in [2.75, 3.05) is 6.61 Å². The van der Waals surface area contributed by atoms with Crippen molar-refractivity contribution in [1.29, 1.82) is 0 Å². The number of alkyl carbamates (subject to hydrolysis) is 1. The van der Waals surface area contributed by atoms with E-state index in [1.807, 2.05) is 66.7 Å². The largest absolute Gasteiger partial charge is 0.480 e. The van der Waals surface area contributed by atoms with Crippen LogP contribution in [-0.4, -0.2) is 47.9 Å². The highest BCUT2D eigenvalue weighted by molar-refractivity contribution is 5.90. The summed E-state index contributed by atoms with van der Waals surface area (Å²) in [5.41, 5.74) is 4.54. The highest BCUT2D eigenvalue weighted by Crippen LogP contribution is 2.44. The number of aliphatic carboxylic acids is 1. The van der Waals surface area contributed by atoms with Crippen LogP contribution >= 0.6 is 0 Å². The lowest BCUT2D eigenvalue weighted by Crippen LogP contribution is -2.58. The molecule has 4 rings (SSSR count). The van der Waals surface area contributed by atoms with E-state index in [1.165, 1.54) is 0 Å². The van der Waals surface area contributed by atoms with Gasteiger partial charge in [-0.15, -0.1) is 0 Å². The van der Waals surface area contributed by atoms with Crippen LogP contribution in [-0.2, 0) is 25.7 Å². The number of rotatable bonds is 10. The fourth-order valence-electron chi connectivity index (χ4n) is 4.95. The van der Waals surface area contributed by atoms with E-state index in [9.17, 15) is 19.5 Å². The Bertz CT molecular complexity index is 1310. The maximum absolute atomic E-state index is 13.3. The summed E-state index contributed by atoms with van der Waals surface area (Å²) >= 11 is 0. The third-order valence-corrected chi connectivity index (χ3v) is 7.12. The Morgan fingerprint density at radius 1 is 0.850 bits per heavy atom. The summed E-state index contributed by atoms with van der Waals surface area (Å²) in [6, 6.07) is 23.0. The normalized spacial score (nSPS) is 14.8. The van der Waals surface area contributed by atoms with Crippen molar-refractivity contribution < 1.29 is 29.0 Å². The Balaban J connectivity index is 1.40. The molecule has 0 saturated carbocycles. The lowest BCUT2D eigenvalue weighted by Gasteiger charge is -2.32. The molecule has 3 aromatic carbocycles. The molecule has 1 aliphatic carbocycles. The Kier molecular flexibility index (Phi) is 8.90. The number of nitrogens with one attached hydrogen (secondary N) is 2. The molecule has 0 spiro atoms. The molecule has 0 radical (unpaired) electrons. The molecule has 210 valence electrons. The molecule has 3 atom stereocenters. The summed E-state index contributed by atoms with van der Waals surface area (Å²) in [6.45, 7) is 7.24. The number of ether oxygens (including phenoxy) is 2. The van der Waals surface area contributed by atoms with Crippen molar-refractivity contribution in [2.45, 2.75) is 58.4 Å². The van der Waals surface area contributed by atoms with Gasteiger partial charge in [-0.1, -0.05) is 99.6 Å². The van der Waals surface area contributed by atoms with Crippen molar-refractivity contribution in [2.24, 2.45) is 5.41 Å². The number of carbonyl (C=O) groups is 3. The fourth-order valence-corrected chi connectivity index (χ4v) is 4.95. The molecule has 0 saturated heterocycles. The standard InChI is InChI=1S/C32H36N2O6/c1-20(39-18-21-12-6-5-7-13-21)27(30(36)37)33-29(35)28(32(2,3)4)34-31(38)40-19-26-24-16-10-8-14-22(24)23-15-9-11-17-25(23)26/h5-17,20,26-28H,18-19H2,1-4H3,(H,33,35)(H,34,38)(H,36,37)/t20-,27+,28?/m0/s1. The van der Waals surface area contributed by atoms with Crippen LogP contribution in [0.2, 0.25) is 0 Å². The van der Waals surface area contributed by atoms with Gasteiger partial charge in [0, 0.05) is 5.92 Å². The van der Waals surface area contributed by atoms with E-state index in [1.54, 1.807) is 27.7 Å². The molecule has 0 aromatic heterocycles. The molecular weight excluding hydrogens is 508 g/mol. The summed E-state index contributed by atoms with van der Waals surface area (Å²) in [5.74, 6) is -2.00. The first-order valence-corrected chi connectivity index (χ1v) is 13.4. The zero-order valence-electron chi connectivity index (χ0n) is 23.2. The molecule has 8 nitrogen and oxygen atoms in total. The first kappa shape index (κ1) is 28.8. The smallest absolute Gasteiger partial charge is 0.407 e. The first-order valence-electron chi connectivity index (χ1n) is 13.4. The number of hydrogen-bond acceptors (Lipinski definition) is 5. The van der Waals surface area contributed by atoms with Gasteiger partial charge in [0.1, 0.15) is 12.6 Å². The maximum Gasteiger partial charge on any atom is 0.407 e. The van der Waals surface area contributed by atoms with Crippen LogP contribution in [0.3, 0.4) is 0 Å². The second kappa shape index (κ2) is 12.3. The van der Waals surface area contributed by atoms with E-state index in [-0.39, 0.29) is 19.1 Å². The third kappa shape index (κ3) is 6.69.